The number of nitrogens with one attached hydrogen (secondary N) is 2. The summed E-state index contributed by atoms with van der Waals surface area (Å²) in [6.07, 6.45) is 3.31. The summed E-state index contributed by atoms with van der Waals surface area (Å²) in [5.41, 5.74) is 1.42. The molecule has 3 rings (SSSR count). The molecule has 1 aliphatic carbocycles. The Morgan fingerprint density at radius 1 is 1.14 bits per heavy atom. The molecule has 158 valence electrons. The van der Waals surface area contributed by atoms with Crippen LogP contribution in [-0.4, -0.2) is 55.8 Å². The first-order chi connectivity index (χ1) is 12.9. The van der Waals surface area contributed by atoms with E-state index in [0.717, 1.165) is 44.9 Å². The molecule has 1 heterocycles. The predicted molar refractivity (Wildman–Crippen MR) is 127 cm³/mol. The van der Waals surface area contributed by atoms with Crippen LogP contribution >= 0.6 is 24.0 Å². The van der Waals surface area contributed by atoms with Gasteiger partial charge in [-0.1, -0.05) is 44.2 Å². The highest BCUT2D eigenvalue weighted by Crippen LogP contribution is 2.51. The minimum Gasteiger partial charge on any atom is -0.378 e. The number of guanidine groups is 1. The number of benzene rings is 1. The van der Waals surface area contributed by atoms with Crippen molar-refractivity contribution in [2.75, 3.05) is 27.2 Å². The van der Waals surface area contributed by atoms with E-state index in [1.54, 1.807) is 0 Å². The van der Waals surface area contributed by atoms with Crippen molar-refractivity contribution in [1.82, 2.24) is 15.5 Å². The van der Waals surface area contributed by atoms with Crippen LogP contribution in [0.3, 0.4) is 0 Å². The molecule has 1 aromatic rings. The summed E-state index contributed by atoms with van der Waals surface area (Å²) in [7, 11) is 3.68. The lowest BCUT2D eigenvalue weighted by Crippen LogP contribution is -2.69. The molecule has 28 heavy (non-hydrogen) atoms. The van der Waals surface area contributed by atoms with Crippen molar-refractivity contribution >= 4 is 29.9 Å². The lowest BCUT2D eigenvalue weighted by molar-refractivity contribution is -0.176. The van der Waals surface area contributed by atoms with Crippen molar-refractivity contribution in [2.24, 2.45) is 10.4 Å². The lowest BCUT2D eigenvalue weighted by atomic mass is 9.56. The highest BCUT2D eigenvalue weighted by Gasteiger charge is 2.58. The fourth-order valence-corrected chi connectivity index (χ4v) is 4.33. The van der Waals surface area contributed by atoms with Crippen LogP contribution in [0.2, 0.25) is 0 Å². The van der Waals surface area contributed by atoms with Crippen LogP contribution in [0.15, 0.2) is 35.3 Å². The van der Waals surface area contributed by atoms with Gasteiger partial charge < -0.3 is 15.4 Å². The Bertz CT molecular complexity index is 643. The van der Waals surface area contributed by atoms with Gasteiger partial charge >= 0.3 is 0 Å². The zero-order valence-corrected chi connectivity index (χ0v) is 20.3. The Morgan fingerprint density at radius 2 is 1.79 bits per heavy atom. The van der Waals surface area contributed by atoms with Gasteiger partial charge in [0, 0.05) is 51.3 Å². The van der Waals surface area contributed by atoms with Crippen LogP contribution in [-0.2, 0) is 11.3 Å². The molecule has 1 saturated heterocycles. The van der Waals surface area contributed by atoms with Gasteiger partial charge in [-0.3, -0.25) is 9.89 Å². The van der Waals surface area contributed by atoms with Crippen LogP contribution in [0.1, 0.15) is 45.6 Å². The lowest BCUT2D eigenvalue weighted by Gasteiger charge is -2.59. The van der Waals surface area contributed by atoms with Crippen molar-refractivity contribution < 1.29 is 4.74 Å². The molecular weight excluding hydrogens is 463 g/mol. The van der Waals surface area contributed by atoms with E-state index in [1.165, 1.54) is 5.56 Å². The molecule has 2 fully saturated rings. The molecule has 0 radical (unpaired) electrons. The molecule has 0 aromatic heterocycles. The number of halogens is 1. The summed E-state index contributed by atoms with van der Waals surface area (Å²) in [5, 5.41) is 7.27. The molecule has 0 spiro atoms. The molecule has 1 saturated carbocycles. The third-order valence-electron chi connectivity index (χ3n) is 6.99. The molecule has 1 aliphatic heterocycles. The maximum atomic E-state index is 5.74. The minimum absolute atomic E-state index is 0. The molecule has 2 unspecified atom stereocenters. The van der Waals surface area contributed by atoms with Crippen molar-refractivity contribution in [3.63, 3.8) is 0 Å². The zero-order valence-electron chi connectivity index (χ0n) is 18.0. The number of rotatable bonds is 5. The van der Waals surface area contributed by atoms with Gasteiger partial charge in [-0.25, -0.2) is 0 Å². The molecular formula is C22H37IN4O. The number of aliphatic imine (C=N–C) groups is 1. The van der Waals surface area contributed by atoms with E-state index in [1.807, 2.05) is 14.2 Å². The number of ether oxygens (including phenoxy) is 1. The van der Waals surface area contributed by atoms with Crippen molar-refractivity contribution in [3.05, 3.63) is 35.9 Å². The van der Waals surface area contributed by atoms with E-state index >= 15 is 0 Å². The van der Waals surface area contributed by atoms with E-state index in [0.29, 0.717) is 12.1 Å². The molecule has 6 heteroatoms. The molecule has 0 amide bonds. The van der Waals surface area contributed by atoms with E-state index in [-0.39, 0.29) is 35.0 Å². The Balaban J connectivity index is 0.00000280. The number of hydrogen-bond donors (Lipinski definition) is 2. The first-order valence-electron chi connectivity index (χ1n) is 10.2. The summed E-state index contributed by atoms with van der Waals surface area (Å²) < 4.78 is 5.74. The van der Waals surface area contributed by atoms with E-state index in [2.05, 4.69) is 71.6 Å². The maximum Gasteiger partial charge on any atom is 0.191 e. The van der Waals surface area contributed by atoms with Crippen LogP contribution in [0.25, 0.3) is 0 Å². The van der Waals surface area contributed by atoms with Gasteiger partial charge in [-0.15, -0.1) is 24.0 Å². The van der Waals surface area contributed by atoms with Gasteiger partial charge in [0.05, 0.1) is 5.60 Å². The topological polar surface area (TPSA) is 48.9 Å². The Hall–Kier alpha value is -0.860. The van der Waals surface area contributed by atoms with Crippen molar-refractivity contribution in [1.29, 1.82) is 0 Å². The van der Waals surface area contributed by atoms with E-state index in [4.69, 9.17) is 4.74 Å². The summed E-state index contributed by atoms with van der Waals surface area (Å²) in [6, 6.07) is 11.6. The number of likely N-dealkylation sites (tertiary alicyclic amines) is 1. The summed E-state index contributed by atoms with van der Waals surface area (Å²) >= 11 is 0. The first kappa shape index (κ1) is 23.4. The monoisotopic (exact) mass is 500 g/mol. The number of hydrogen-bond acceptors (Lipinski definition) is 3. The average Bonchev–Trinajstić information content (AvgIpc) is 2.68. The SMILES string of the molecule is CN=C(NC1CCN(Cc2ccccc2)CC1)NC1CC(C)(OC)C1(C)C.I. The molecule has 2 atom stereocenters. The third kappa shape index (κ3) is 5.00. The molecule has 0 bridgehead atoms. The van der Waals surface area contributed by atoms with E-state index < -0.39 is 0 Å². The minimum atomic E-state index is -0.0632. The second-order valence-electron chi connectivity index (χ2n) is 8.81. The van der Waals surface area contributed by atoms with E-state index in [9.17, 15) is 0 Å². The summed E-state index contributed by atoms with van der Waals surface area (Å²) in [4.78, 5) is 7.01. The Morgan fingerprint density at radius 3 is 2.32 bits per heavy atom. The normalized spacial score (nSPS) is 28.2. The van der Waals surface area contributed by atoms with Crippen molar-refractivity contribution in [3.8, 4) is 0 Å². The first-order valence-corrected chi connectivity index (χ1v) is 10.2. The van der Waals surface area contributed by atoms with Gasteiger partial charge in [0.2, 0.25) is 0 Å². The molecule has 1 aromatic carbocycles. The number of piperidine rings is 1. The Kier molecular flexibility index (Phi) is 8.16. The zero-order chi connectivity index (χ0) is 19.5. The highest BCUT2D eigenvalue weighted by molar-refractivity contribution is 14.0. The standard InChI is InChI=1S/C22H36N4O.HI/c1-21(2)19(15-22(21,3)27-5)25-20(23-4)24-18-11-13-26(14-12-18)16-17-9-7-6-8-10-17;/h6-10,18-19H,11-16H2,1-5H3,(H2,23,24,25);1H. The van der Waals surface area contributed by atoms with Gasteiger partial charge in [0.1, 0.15) is 0 Å². The summed E-state index contributed by atoms with van der Waals surface area (Å²) in [6.45, 7) is 10.0. The van der Waals surface area contributed by atoms with Gasteiger partial charge in [-0.2, -0.15) is 0 Å². The smallest absolute Gasteiger partial charge is 0.191 e. The maximum absolute atomic E-state index is 5.74. The Labute approximate surface area is 187 Å². The second-order valence-corrected chi connectivity index (χ2v) is 8.81. The predicted octanol–water partition coefficient (Wildman–Crippen LogP) is 3.64. The number of methoxy groups -OCH3 is 1. The molecule has 2 N–H and O–H groups in total. The van der Waals surface area contributed by atoms with Gasteiger partial charge in [-0.05, 0) is 31.7 Å². The van der Waals surface area contributed by atoms with Crippen LogP contribution in [0, 0.1) is 5.41 Å². The largest absolute Gasteiger partial charge is 0.378 e. The second kappa shape index (κ2) is 9.76. The fourth-order valence-electron chi connectivity index (χ4n) is 4.33. The van der Waals surface area contributed by atoms with Gasteiger partial charge in [0.25, 0.3) is 0 Å². The third-order valence-corrected chi connectivity index (χ3v) is 6.99. The molecule has 5 nitrogen and oxygen atoms in total. The quantitative estimate of drug-likeness (QED) is 0.368. The molecule has 2 aliphatic rings. The van der Waals surface area contributed by atoms with Crippen LogP contribution < -0.4 is 10.6 Å². The van der Waals surface area contributed by atoms with Crippen LogP contribution in [0.5, 0.6) is 0 Å². The number of nitrogens with zero attached hydrogens (tertiary/aromatic N) is 2. The van der Waals surface area contributed by atoms with Crippen LogP contribution in [0.4, 0.5) is 0 Å². The summed E-state index contributed by atoms with van der Waals surface area (Å²) in [5.74, 6) is 0.924. The highest BCUT2D eigenvalue weighted by atomic mass is 127. The van der Waals surface area contributed by atoms with Gasteiger partial charge in [0.15, 0.2) is 5.96 Å². The van der Waals surface area contributed by atoms with Crippen molar-refractivity contribution in [2.45, 2.75) is 64.3 Å². The fraction of sp³-hybridized carbons (Fsp3) is 0.682. The average molecular weight is 500 g/mol.